The van der Waals surface area contributed by atoms with Crippen molar-refractivity contribution >= 4 is 11.5 Å². The molecule has 0 bridgehead atoms. The summed E-state index contributed by atoms with van der Waals surface area (Å²) in [6.07, 6.45) is 4.85. The topological polar surface area (TPSA) is 95.8 Å². The third kappa shape index (κ3) is 2.52. The van der Waals surface area contributed by atoms with Gasteiger partial charge in [-0.1, -0.05) is 0 Å². The first-order valence-electron chi connectivity index (χ1n) is 5.58. The summed E-state index contributed by atoms with van der Waals surface area (Å²) in [5.41, 5.74) is 5.45. The molecule has 0 amide bonds. The third-order valence-corrected chi connectivity index (χ3v) is 2.84. The highest BCUT2D eigenvalue weighted by Crippen LogP contribution is 2.11. The fourth-order valence-corrected chi connectivity index (χ4v) is 1.92. The number of rotatable bonds is 4. The first kappa shape index (κ1) is 10.9. The lowest BCUT2D eigenvalue weighted by atomic mass is 10.1. The summed E-state index contributed by atoms with van der Waals surface area (Å²) in [5, 5.41) is 6.49. The summed E-state index contributed by atoms with van der Waals surface area (Å²) in [6, 6.07) is 0.579. The van der Waals surface area contributed by atoms with Gasteiger partial charge in [0.05, 0.1) is 6.33 Å². The van der Waals surface area contributed by atoms with E-state index in [0.29, 0.717) is 11.9 Å². The summed E-state index contributed by atoms with van der Waals surface area (Å²) in [5.74, 6) is 0.474. The van der Waals surface area contributed by atoms with Crippen molar-refractivity contribution in [3.05, 3.63) is 16.7 Å². The molecule has 6 heteroatoms. The van der Waals surface area contributed by atoms with Gasteiger partial charge in [-0.25, -0.2) is 4.98 Å². The second-order valence-electron chi connectivity index (χ2n) is 4.00. The molecule has 0 unspecified atom stereocenters. The molecule has 1 aliphatic rings. The molecule has 1 aromatic heterocycles. The van der Waals surface area contributed by atoms with Crippen LogP contribution in [0.2, 0.25) is 0 Å². The molecule has 0 aromatic carbocycles. The van der Waals surface area contributed by atoms with Crippen molar-refractivity contribution in [1.82, 2.24) is 15.3 Å². The van der Waals surface area contributed by atoms with Crippen molar-refractivity contribution in [2.45, 2.75) is 25.3 Å². The van der Waals surface area contributed by atoms with Gasteiger partial charge in [0.1, 0.15) is 5.69 Å². The van der Waals surface area contributed by atoms with Crippen LogP contribution in [0.4, 0.5) is 11.5 Å². The molecular weight excluding hydrogens is 206 g/mol. The van der Waals surface area contributed by atoms with Crippen molar-refractivity contribution in [3.8, 4) is 0 Å². The Morgan fingerprint density at radius 2 is 2.50 bits per heavy atom. The average molecular weight is 223 g/mol. The van der Waals surface area contributed by atoms with Gasteiger partial charge in [-0.15, -0.1) is 0 Å². The standard InChI is InChI=1S/C10H17N5O/c11-8-9(14-6-15-10(8)16)13-5-3-7-2-1-4-12-7/h6-7,12H,1-5,11H2,(H2,13,14,15,16)/t7-/m0/s1. The maximum Gasteiger partial charge on any atom is 0.276 e. The summed E-state index contributed by atoms with van der Waals surface area (Å²) in [6.45, 7) is 1.88. The van der Waals surface area contributed by atoms with Crippen molar-refractivity contribution in [3.63, 3.8) is 0 Å². The molecule has 1 saturated heterocycles. The maximum atomic E-state index is 11.2. The Bertz CT molecular complexity index is 396. The predicted octanol–water partition coefficient (Wildman–Crippen LogP) is -0.0939. The number of nitrogens with one attached hydrogen (secondary N) is 3. The van der Waals surface area contributed by atoms with Crippen LogP contribution in [0.5, 0.6) is 0 Å². The van der Waals surface area contributed by atoms with Crippen molar-refractivity contribution in [2.24, 2.45) is 0 Å². The molecule has 1 aromatic rings. The molecule has 1 atom stereocenters. The average Bonchev–Trinajstić information content (AvgIpc) is 2.77. The van der Waals surface area contributed by atoms with E-state index in [2.05, 4.69) is 20.6 Å². The second-order valence-corrected chi connectivity index (χ2v) is 4.00. The lowest BCUT2D eigenvalue weighted by molar-refractivity contribution is 0.574. The van der Waals surface area contributed by atoms with E-state index >= 15 is 0 Å². The number of hydrogen-bond donors (Lipinski definition) is 4. The SMILES string of the molecule is Nc1c(NCC[C@@H]2CCCN2)nc[nH]c1=O. The minimum atomic E-state index is -0.295. The summed E-state index contributed by atoms with van der Waals surface area (Å²) < 4.78 is 0. The van der Waals surface area contributed by atoms with Crippen LogP contribution >= 0.6 is 0 Å². The Hall–Kier alpha value is -1.56. The van der Waals surface area contributed by atoms with Gasteiger partial charge >= 0.3 is 0 Å². The molecule has 2 heterocycles. The van der Waals surface area contributed by atoms with Crippen LogP contribution in [-0.2, 0) is 0 Å². The van der Waals surface area contributed by atoms with E-state index in [1.54, 1.807) is 0 Å². The Labute approximate surface area is 93.7 Å². The molecule has 0 aliphatic carbocycles. The fraction of sp³-hybridized carbons (Fsp3) is 0.600. The minimum absolute atomic E-state index is 0.155. The molecule has 16 heavy (non-hydrogen) atoms. The predicted molar refractivity (Wildman–Crippen MR) is 63.4 cm³/mol. The number of aromatic amines is 1. The van der Waals surface area contributed by atoms with Crippen LogP contribution in [-0.4, -0.2) is 29.1 Å². The summed E-state index contributed by atoms with van der Waals surface area (Å²) in [7, 11) is 0. The number of H-pyrrole nitrogens is 1. The first-order chi connectivity index (χ1) is 7.77. The zero-order chi connectivity index (χ0) is 11.4. The molecule has 1 fully saturated rings. The van der Waals surface area contributed by atoms with E-state index in [0.717, 1.165) is 19.5 Å². The van der Waals surface area contributed by atoms with Crippen LogP contribution < -0.4 is 21.9 Å². The first-order valence-corrected chi connectivity index (χ1v) is 5.58. The molecule has 2 rings (SSSR count). The molecule has 88 valence electrons. The van der Waals surface area contributed by atoms with Crippen LogP contribution in [0.25, 0.3) is 0 Å². The highest BCUT2D eigenvalue weighted by Gasteiger charge is 2.13. The number of nitrogen functional groups attached to an aromatic ring is 1. The highest BCUT2D eigenvalue weighted by molar-refractivity contribution is 5.58. The minimum Gasteiger partial charge on any atom is -0.391 e. The van der Waals surface area contributed by atoms with E-state index in [4.69, 9.17) is 5.73 Å². The van der Waals surface area contributed by atoms with Crippen LogP contribution in [0.1, 0.15) is 19.3 Å². The van der Waals surface area contributed by atoms with Gasteiger partial charge in [0.2, 0.25) is 0 Å². The second kappa shape index (κ2) is 4.98. The van der Waals surface area contributed by atoms with Gasteiger partial charge in [0, 0.05) is 12.6 Å². The number of anilines is 2. The van der Waals surface area contributed by atoms with Crippen molar-refractivity contribution < 1.29 is 0 Å². The molecule has 0 spiro atoms. The number of nitrogens with zero attached hydrogens (tertiary/aromatic N) is 1. The van der Waals surface area contributed by atoms with E-state index in [1.165, 1.54) is 19.2 Å². The number of aromatic nitrogens is 2. The van der Waals surface area contributed by atoms with Gasteiger partial charge in [0.25, 0.3) is 5.56 Å². The maximum absolute atomic E-state index is 11.2. The van der Waals surface area contributed by atoms with E-state index in [-0.39, 0.29) is 11.2 Å². The Balaban J connectivity index is 1.84. The quantitative estimate of drug-likeness (QED) is 0.572. The lowest BCUT2D eigenvalue weighted by Crippen LogP contribution is -2.25. The largest absolute Gasteiger partial charge is 0.391 e. The molecule has 0 saturated carbocycles. The monoisotopic (exact) mass is 223 g/mol. The molecule has 6 nitrogen and oxygen atoms in total. The van der Waals surface area contributed by atoms with E-state index < -0.39 is 0 Å². The lowest BCUT2D eigenvalue weighted by Gasteiger charge is -2.11. The van der Waals surface area contributed by atoms with Gasteiger partial charge < -0.3 is 21.4 Å². The fourth-order valence-electron chi connectivity index (χ4n) is 1.92. The zero-order valence-corrected chi connectivity index (χ0v) is 9.12. The Morgan fingerprint density at radius 1 is 1.62 bits per heavy atom. The van der Waals surface area contributed by atoms with Gasteiger partial charge in [-0.2, -0.15) is 0 Å². The zero-order valence-electron chi connectivity index (χ0n) is 9.12. The van der Waals surface area contributed by atoms with Crippen molar-refractivity contribution in [2.75, 3.05) is 24.1 Å². The molecule has 1 aliphatic heterocycles. The number of hydrogen-bond acceptors (Lipinski definition) is 5. The smallest absolute Gasteiger partial charge is 0.276 e. The molecule has 0 radical (unpaired) electrons. The van der Waals surface area contributed by atoms with E-state index in [1.807, 2.05) is 0 Å². The summed E-state index contributed by atoms with van der Waals surface area (Å²) >= 11 is 0. The molecule has 5 N–H and O–H groups in total. The van der Waals surface area contributed by atoms with Gasteiger partial charge in [0.15, 0.2) is 5.82 Å². The van der Waals surface area contributed by atoms with E-state index in [9.17, 15) is 4.79 Å². The van der Waals surface area contributed by atoms with Gasteiger partial charge in [-0.05, 0) is 25.8 Å². The van der Waals surface area contributed by atoms with Crippen molar-refractivity contribution in [1.29, 1.82) is 0 Å². The number of nitrogens with two attached hydrogens (primary N) is 1. The summed E-state index contributed by atoms with van der Waals surface area (Å²) in [4.78, 5) is 17.6. The molecular formula is C10H17N5O. The normalized spacial score (nSPS) is 19.9. The highest BCUT2D eigenvalue weighted by atomic mass is 16.1. The van der Waals surface area contributed by atoms with Crippen LogP contribution in [0.3, 0.4) is 0 Å². The third-order valence-electron chi connectivity index (χ3n) is 2.84. The van der Waals surface area contributed by atoms with Crippen LogP contribution in [0, 0.1) is 0 Å². The van der Waals surface area contributed by atoms with Crippen LogP contribution in [0.15, 0.2) is 11.1 Å². The Kier molecular flexibility index (Phi) is 3.40. The van der Waals surface area contributed by atoms with Gasteiger partial charge in [-0.3, -0.25) is 4.79 Å². The Morgan fingerprint density at radius 3 is 3.25 bits per heavy atom.